The molecule has 0 atom stereocenters. The fraction of sp³-hybridized carbons (Fsp3) is 0. The molecule has 6 nitrogen and oxygen atoms in total. The highest BCUT2D eigenvalue weighted by molar-refractivity contribution is 8.27. The van der Waals surface area contributed by atoms with E-state index in [2.05, 4.69) is 0 Å². The van der Waals surface area contributed by atoms with E-state index in [1.54, 1.807) is 12.1 Å². The van der Waals surface area contributed by atoms with Gasteiger partial charge in [0.2, 0.25) is 0 Å². The largest absolute Gasteiger partial charge is 0.506 e. The number of nitro benzene ring substituents is 1. The summed E-state index contributed by atoms with van der Waals surface area (Å²) in [5.41, 5.74) is 1.04. The summed E-state index contributed by atoms with van der Waals surface area (Å²) in [7, 11) is 0. The zero-order valence-corrected chi connectivity index (χ0v) is 14.8. The summed E-state index contributed by atoms with van der Waals surface area (Å²) in [6.07, 6.45) is 1.62. The van der Waals surface area contributed by atoms with Gasteiger partial charge in [0.05, 0.1) is 20.5 Å². The number of aromatic hydroxyl groups is 1. The Bertz CT molecular complexity index is 928. The number of hydrogen-bond donors (Lipinski definition) is 1. The van der Waals surface area contributed by atoms with Crippen molar-refractivity contribution in [1.29, 1.82) is 0 Å². The fourth-order valence-electron chi connectivity index (χ4n) is 2.18. The molecule has 25 heavy (non-hydrogen) atoms. The SMILES string of the molecule is O=C1/C(=C/c2ccc(O)c(Cl)c2)SC(=S)N1c1ccc([N+](=O)[O-])cc1. The number of carbonyl (C=O) groups excluding carboxylic acids is 1. The molecule has 2 aromatic carbocycles. The third kappa shape index (κ3) is 3.51. The van der Waals surface area contributed by atoms with E-state index in [1.165, 1.54) is 41.3 Å². The molecule has 2 aromatic rings. The number of anilines is 1. The standard InChI is InChI=1S/C16H9ClN2O4S2/c17-12-7-9(1-6-13(12)20)8-14-15(21)18(16(24)25-14)10-2-4-11(5-3-10)19(22)23/h1-8,20H/b14-8-. The lowest BCUT2D eigenvalue weighted by atomic mass is 10.2. The van der Waals surface area contributed by atoms with Crippen LogP contribution in [-0.2, 0) is 4.79 Å². The van der Waals surface area contributed by atoms with Crippen molar-refractivity contribution in [3.05, 3.63) is 68.1 Å². The molecule has 0 saturated carbocycles. The number of phenols is 1. The lowest BCUT2D eigenvalue weighted by Crippen LogP contribution is -2.27. The van der Waals surface area contributed by atoms with Gasteiger partial charge < -0.3 is 5.11 Å². The average molecular weight is 393 g/mol. The molecule has 0 radical (unpaired) electrons. The van der Waals surface area contributed by atoms with Crippen LogP contribution in [0.4, 0.5) is 11.4 Å². The molecule has 1 amide bonds. The summed E-state index contributed by atoms with van der Waals surface area (Å²) in [5.74, 6) is -0.370. The Morgan fingerprint density at radius 1 is 1.24 bits per heavy atom. The maximum atomic E-state index is 12.6. The summed E-state index contributed by atoms with van der Waals surface area (Å²) in [6.45, 7) is 0. The number of thioether (sulfide) groups is 1. The van der Waals surface area contributed by atoms with Gasteiger partial charge in [-0.25, -0.2) is 0 Å². The summed E-state index contributed by atoms with van der Waals surface area (Å²) < 4.78 is 0.329. The van der Waals surface area contributed by atoms with Crippen LogP contribution in [0, 0.1) is 10.1 Å². The average Bonchev–Trinajstić information content (AvgIpc) is 2.85. The second-order valence-electron chi connectivity index (χ2n) is 5.00. The molecule has 9 heteroatoms. The van der Waals surface area contributed by atoms with Crippen LogP contribution in [0.3, 0.4) is 0 Å². The molecule has 0 spiro atoms. The summed E-state index contributed by atoms with van der Waals surface area (Å²) in [5, 5.41) is 20.4. The number of thiocarbonyl (C=S) groups is 1. The number of rotatable bonds is 3. The first-order valence-corrected chi connectivity index (χ1v) is 8.48. The van der Waals surface area contributed by atoms with E-state index in [0.717, 1.165) is 11.8 Å². The van der Waals surface area contributed by atoms with Crippen LogP contribution >= 0.6 is 35.6 Å². The first-order valence-electron chi connectivity index (χ1n) is 6.88. The maximum absolute atomic E-state index is 12.6. The molecule has 126 valence electrons. The highest BCUT2D eigenvalue weighted by atomic mass is 35.5. The van der Waals surface area contributed by atoms with Gasteiger partial charge in [0.25, 0.3) is 11.6 Å². The van der Waals surface area contributed by atoms with E-state index in [-0.39, 0.29) is 22.4 Å². The molecule has 1 heterocycles. The van der Waals surface area contributed by atoms with Crippen LogP contribution in [0.15, 0.2) is 47.4 Å². The van der Waals surface area contributed by atoms with Gasteiger partial charge in [0.15, 0.2) is 4.32 Å². The number of hydrogen-bond acceptors (Lipinski definition) is 6. The Labute approximate surface area is 156 Å². The number of phenolic OH excluding ortho intramolecular Hbond substituents is 1. The number of benzene rings is 2. The minimum Gasteiger partial charge on any atom is -0.506 e. The van der Waals surface area contributed by atoms with Crippen LogP contribution in [0.1, 0.15) is 5.56 Å². The Balaban J connectivity index is 1.90. The van der Waals surface area contributed by atoms with Crippen LogP contribution in [0.5, 0.6) is 5.75 Å². The quantitative estimate of drug-likeness (QED) is 0.361. The number of non-ortho nitro benzene ring substituents is 1. The molecule has 3 rings (SSSR count). The first-order chi connectivity index (χ1) is 11.9. The molecule has 0 unspecified atom stereocenters. The Morgan fingerprint density at radius 2 is 1.92 bits per heavy atom. The van der Waals surface area contributed by atoms with E-state index >= 15 is 0 Å². The third-order valence-electron chi connectivity index (χ3n) is 3.38. The summed E-state index contributed by atoms with van der Waals surface area (Å²) in [4.78, 5) is 24.6. The first kappa shape index (κ1) is 17.4. The second kappa shape index (κ2) is 6.83. The molecular formula is C16H9ClN2O4S2. The molecule has 0 aliphatic carbocycles. The van der Waals surface area contributed by atoms with Crippen LogP contribution in [-0.4, -0.2) is 20.3 Å². The Hall–Kier alpha value is -2.42. The highest BCUT2D eigenvalue weighted by Crippen LogP contribution is 2.37. The molecular weight excluding hydrogens is 384 g/mol. The Morgan fingerprint density at radius 3 is 2.52 bits per heavy atom. The smallest absolute Gasteiger partial charge is 0.270 e. The lowest BCUT2D eigenvalue weighted by Gasteiger charge is -2.13. The van der Waals surface area contributed by atoms with Gasteiger partial charge in [-0.05, 0) is 35.9 Å². The van der Waals surface area contributed by atoms with Gasteiger partial charge >= 0.3 is 0 Å². The topological polar surface area (TPSA) is 83.7 Å². The van der Waals surface area contributed by atoms with E-state index < -0.39 is 4.92 Å². The Kier molecular flexibility index (Phi) is 4.76. The van der Waals surface area contributed by atoms with Crippen molar-refractivity contribution in [3.63, 3.8) is 0 Å². The summed E-state index contributed by atoms with van der Waals surface area (Å²) in [6, 6.07) is 10.2. The minimum absolute atomic E-state index is 0.0442. The van der Waals surface area contributed by atoms with E-state index in [9.17, 15) is 20.0 Å². The fourth-order valence-corrected chi connectivity index (χ4v) is 3.67. The van der Waals surface area contributed by atoms with Gasteiger partial charge in [0, 0.05) is 12.1 Å². The molecule has 1 fully saturated rings. The summed E-state index contributed by atoms with van der Waals surface area (Å²) >= 11 is 12.2. The second-order valence-corrected chi connectivity index (χ2v) is 7.08. The van der Waals surface area contributed by atoms with Crippen molar-refractivity contribution in [2.45, 2.75) is 0 Å². The number of nitro groups is 1. The monoisotopic (exact) mass is 392 g/mol. The number of carbonyl (C=O) groups is 1. The van der Waals surface area contributed by atoms with Crippen molar-refractivity contribution in [2.24, 2.45) is 0 Å². The van der Waals surface area contributed by atoms with Crippen LogP contribution in [0.25, 0.3) is 6.08 Å². The van der Waals surface area contributed by atoms with Gasteiger partial charge in [-0.3, -0.25) is 19.8 Å². The molecule has 1 N–H and O–H groups in total. The van der Waals surface area contributed by atoms with Crippen molar-refractivity contribution in [3.8, 4) is 5.75 Å². The van der Waals surface area contributed by atoms with Gasteiger partial charge in [-0.15, -0.1) is 0 Å². The molecule has 1 aliphatic heterocycles. The highest BCUT2D eigenvalue weighted by Gasteiger charge is 2.33. The normalized spacial score (nSPS) is 15.9. The third-order valence-corrected chi connectivity index (χ3v) is 4.99. The van der Waals surface area contributed by atoms with Crippen molar-refractivity contribution < 1.29 is 14.8 Å². The lowest BCUT2D eigenvalue weighted by molar-refractivity contribution is -0.384. The predicted molar refractivity (Wildman–Crippen MR) is 102 cm³/mol. The van der Waals surface area contributed by atoms with Gasteiger partial charge in [-0.2, -0.15) is 0 Å². The molecule has 0 bridgehead atoms. The van der Waals surface area contributed by atoms with E-state index in [0.29, 0.717) is 20.5 Å². The number of nitrogens with zero attached hydrogens (tertiary/aromatic N) is 2. The van der Waals surface area contributed by atoms with Crippen molar-refractivity contribution in [1.82, 2.24) is 0 Å². The minimum atomic E-state index is -0.511. The van der Waals surface area contributed by atoms with Crippen molar-refractivity contribution >= 4 is 63.3 Å². The van der Waals surface area contributed by atoms with E-state index in [4.69, 9.17) is 23.8 Å². The molecule has 1 saturated heterocycles. The molecule has 0 aromatic heterocycles. The zero-order valence-electron chi connectivity index (χ0n) is 12.4. The molecule has 1 aliphatic rings. The number of halogens is 1. The van der Waals surface area contributed by atoms with Crippen molar-refractivity contribution in [2.75, 3.05) is 4.90 Å². The zero-order chi connectivity index (χ0) is 18.1. The maximum Gasteiger partial charge on any atom is 0.270 e. The predicted octanol–water partition coefficient (Wildman–Crippen LogP) is 4.36. The number of amides is 1. The van der Waals surface area contributed by atoms with Gasteiger partial charge in [-0.1, -0.05) is 41.6 Å². The van der Waals surface area contributed by atoms with E-state index in [1.807, 2.05) is 0 Å². The van der Waals surface area contributed by atoms with Crippen LogP contribution in [0.2, 0.25) is 5.02 Å². The van der Waals surface area contributed by atoms with Gasteiger partial charge in [0.1, 0.15) is 5.75 Å². The van der Waals surface area contributed by atoms with Crippen LogP contribution < -0.4 is 4.90 Å².